The van der Waals surface area contributed by atoms with E-state index in [9.17, 15) is 9.59 Å². The Balaban J connectivity index is 1.91. The minimum Gasteiger partial charge on any atom is -0.274 e. The quantitative estimate of drug-likeness (QED) is 0.537. The molecule has 0 saturated carbocycles. The van der Waals surface area contributed by atoms with Crippen molar-refractivity contribution in [2.45, 2.75) is 5.54 Å². The zero-order chi connectivity index (χ0) is 19.6. The third-order valence-electron chi connectivity index (χ3n) is 4.66. The van der Waals surface area contributed by atoms with Gasteiger partial charge in [0.1, 0.15) is 0 Å². The number of nitrogens with zero attached hydrogens (tertiary/aromatic N) is 2. The smallest absolute Gasteiger partial charge is 0.274 e. The van der Waals surface area contributed by atoms with Crippen molar-refractivity contribution in [2.24, 2.45) is 5.10 Å². The molecule has 0 bridgehead atoms. The molecule has 0 aromatic heterocycles. The molecule has 0 aliphatic carbocycles. The lowest BCUT2D eigenvalue weighted by Gasteiger charge is -2.32. The second kappa shape index (κ2) is 7.29. The van der Waals surface area contributed by atoms with Crippen molar-refractivity contribution < 1.29 is 9.59 Å². The molecule has 0 spiro atoms. The van der Waals surface area contributed by atoms with Crippen LogP contribution in [0.2, 0.25) is 5.02 Å². The van der Waals surface area contributed by atoms with Crippen LogP contribution in [0.25, 0.3) is 0 Å². The van der Waals surface area contributed by atoms with E-state index in [-0.39, 0.29) is 0 Å². The van der Waals surface area contributed by atoms with Crippen LogP contribution >= 0.6 is 11.6 Å². The van der Waals surface area contributed by atoms with Crippen LogP contribution in [0.15, 0.2) is 90.0 Å². The number of hydrazone groups is 1. The Morgan fingerprint density at radius 1 is 0.821 bits per heavy atom. The summed E-state index contributed by atoms with van der Waals surface area (Å²) < 4.78 is 0. The number of urea groups is 1. The first-order valence-electron chi connectivity index (χ1n) is 8.69. The van der Waals surface area contributed by atoms with Gasteiger partial charge in [0.2, 0.25) is 0 Å². The number of benzene rings is 3. The maximum Gasteiger partial charge on any atom is 0.346 e. The summed E-state index contributed by atoms with van der Waals surface area (Å²) in [6.07, 6.45) is 1.49. The molecule has 0 atom stereocenters. The highest BCUT2D eigenvalue weighted by Crippen LogP contribution is 2.40. The Bertz CT molecular complexity index is 1010. The van der Waals surface area contributed by atoms with Gasteiger partial charge in [-0.25, -0.2) is 4.79 Å². The predicted molar refractivity (Wildman–Crippen MR) is 108 cm³/mol. The number of carbonyl (C=O) groups is 2. The van der Waals surface area contributed by atoms with E-state index in [0.717, 1.165) is 0 Å². The molecule has 0 radical (unpaired) electrons. The van der Waals surface area contributed by atoms with E-state index in [2.05, 4.69) is 10.4 Å². The van der Waals surface area contributed by atoms with Crippen molar-refractivity contribution in [1.29, 1.82) is 0 Å². The summed E-state index contributed by atoms with van der Waals surface area (Å²) in [6, 6.07) is 24.8. The molecule has 1 N–H and O–H groups in total. The van der Waals surface area contributed by atoms with Gasteiger partial charge in [0.15, 0.2) is 5.54 Å². The van der Waals surface area contributed by atoms with Gasteiger partial charge in [0, 0.05) is 10.6 Å². The second-order valence-corrected chi connectivity index (χ2v) is 6.69. The van der Waals surface area contributed by atoms with Crippen molar-refractivity contribution >= 4 is 29.8 Å². The number of halogens is 1. The van der Waals surface area contributed by atoms with Crippen LogP contribution < -0.4 is 5.32 Å². The normalized spacial score (nSPS) is 15.8. The molecule has 5 nitrogen and oxygen atoms in total. The molecule has 1 aliphatic heterocycles. The summed E-state index contributed by atoms with van der Waals surface area (Å²) in [4.78, 5) is 25.8. The van der Waals surface area contributed by atoms with Gasteiger partial charge in [0.25, 0.3) is 5.91 Å². The van der Waals surface area contributed by atoms with E-state index in [0.29, 0.717) is 21.7 Å². The minimum absolute atomic E-state index is 0.453. The molecule has 1 heterocycles. The fraction of sp³-hybridized carbons (Fsp3) is 0.0455. The van der Waals surface area contributed by atoms with E-state index in [1.165, 1.54) is 11.2 Å². The fourth-order valence-electron chi connectivity index (χ4n) is 3.36. The van der Waals surface area contributed by atoms with Crippen LogP contribution in [0.5, 0.6) is 0 Å². The Morgan fingerprint density at radius 2 is 1.36 bits per heavy atom. The standard InChI is InChI=1S/C22H16ClN3O2/c23-19-14-8-7-9-16(19)15-24-26-21(28)25-20(27)22(26,17-10-3-1-4-11-17)18-12-5-2-6-13-18/h1-15H,(H,25,27,28)/b24-15+. The van der Waals surface area contributed by atoms with Gasteiger partial charge in [-0.05, 0) is 17.2 Å². The predicted octanol–water partition coefficient (Wildman–Crippen LogP) is 4.17. The maximum atomic E-state index is 13.1. The van der Waals surface area contributed by atoms with Crippen molar-refractivity contribution in [1.82, 2.24) is 10.3 Å². The van der Waals surface area contributed by atoms with E-state index >= 15 is 0 Å². The van der Waals surface area contributed by atoms with E-state index in [1.807, 2.05) is 72.8 Å². The molecular weight excluding hydrogens is 374 g/mol. The van der Waals surface area contributed by atoms with Crippen LogP contribution in [0.1, 0.15) is 16.7 Å². The van der Waals surface area contributed by atoms with Gasteiger partial charge in [-0.3, -0.25) is 10.1 Å². The molecule has 1 saturated heterocycles. The molecule has 1 aliphatic rings. The number of carbonyl (C=O) groups excluding carboxylic acids is 2. The molecule has 3 aromatic rings. The third kappa shape index (κ3) is 2.86. The lowest BCUT2D eigenvalue weighted by molar-refractivity contribution is -0.125. The van der Waals surface area contributed by atoms with Gasteiger partial charge in [0.05, 0.1) is 6.21 Å². The molecule has 138 valence electrons. The van der Waals surface area contributed by atoms with E-state index in [4.69, 9.17) is 11.6 Å². The monoisotopic (exact) mass is 389 g/mol. The summed E-state index contributed by atoms with van der Waals surface area (Å²) >= 11 is 6.20. The topological polar surface area (TPSA) is 61.8 Å². The van der Waals surface area contributed by atoms with Crippen LogP contribution in [-0.4, -0.2) is 23.2 Å². The Labute approximate surface area is 167 Å². The Hall–Kier alpha value is -3.44. The Kier molecular flexibility index (Phi) is 4.67. The highest BCUT2D eigenvalue weighted by atomic mass is 35.5. The molecule has 6 heteroatoms. The number of hydrogen-bond acceptors (Lipinski definition) is 3. The molecule has 0 unspecified atom stereocenters. The lowest BCUT2D eigenvalue weighted by Crippen LogP contribution is -2.45. The van der Waals surface area contributed by atoms with Crippen molar-refractivity contribution in [3.8, 4) is 0 Å². The average Bonchev–Trinajstić information content (AvgIpc) is 2.99. The highest BCUT2D eigenvalue weighted by Gasteiger charge is 2.56. The SMILES string of the molecule is O=C1NC(=O)C(c2ccccc2)(c2ccccc2)N1/N=C/c1ccccc1Cl. The molecular formula is C22H16ClN3O2. The second-order valence-electron chi connectivity index (χ2n) is 6.28. The number of amides is 3. The number of imide groups is 1. The summed E-state index contributed by atoms with van der Waals surface area (Å²) in [5, 5.41) is 8.48. The summed E-state index contributed by atoms with van der Waals surface area (Å²) in [6.45, 7) is 0. The maximum absolute atomic E-state index is 13.1. The zero-order valence-electron chi connectivity index (χ0n) is 14.7. The zero-order valence-corrected chi connectivity index (χ0v) is 15.5. The molecule has 4 rings (SSSR count). The molecule has 3 aromatic carbocycles. The van der Waals surface area contributed by atoms with Gasteiger partial charge in [-0.15, -0.1) is 0 Å². The van der Waals surface area contributed by atoms with Crippen LogP contribution in [0.3, 0.4) is 0 Å². The van der Waals surface area contributed by atoms with Crippen molar-refractivity contribution in [3.63, 3.8) is 0 Å². The van der Waals surface area contributed by atoms with Crippen LogP contribution in [0.4, 0.5) is 4.79 Å². The first kappa shape index (κ1) is 17.9. The summed E-state index contributed by atoms with van der Waals surface area (Å²) in [5.41, 5.74) is 0.519. The Morgan fingerprint density at radius 3 is 1.93 bits per heavy atom. The average molecular weight is 390 g/mol. The first-order valence-corrected chi connectivity index (χ1v) is 9.07. The fourth-order valence-corrected chi connectivity index (χ4v) is 3.54. The van der Waals surface area contributed by atoms with Crippen LogP contribution in [0, 0.1) is 0 Å². The van der Waals surface area contributed by atoms with Crippen molar-refractivity contribution in [2.75, 3.05) is 0 Å². The number of hydrogen-bond donors (Lipinski definition) is 1. The highest BCUT2D eigenvalue weighted by molar-refractivity contribution is 6.33. The van der Waals surface area contributed by atoms with E-state index < -0.39 is 17.5 Å². The van der Waals surface area contributed by atoms with Gasteiger partial charge >= 0.3 is 6.03 Å². The third-order valence-corrected chi connectivity index (χ3v) is 5.00. The van der Waals surface area contributed by atoms with Gasteiger partial charge < -0.3 is 0 Å². The van der Waals surface area contributed by atoms with Gasteiger partial charge in [-0.2, -0.15) is 10.1 Å². The lowest BCUT2D eigenvalue weighted by atomic mass is 9.82. The first-order chi connectivity index (χ1) is 13.6. The number of nitrogens with one attached hydrogen (secondary N) is 1. The van der Waals surface area contributed by atoms with Crippen molar-refractivity contribution in [3.05, 3.63) is 107 Å². The van der Waals surface area contributed by atoms with E-state index in [1.54, 1.807) is 12.1 Å². The largest absolute Gasteiger partial charge is 0.346 e. The van der Waals surface area contributed by atoms with Gasteiger partial charge in [-0.1, -0.05) is 90.5 Å². The summed E-state index contributed by atoms with van der Waals surface area (Å²) in [7, 11) is 0. The molecule has 28 heavy (non-hydrogen) atoms. The minimum atomic E-state index is -1.41. The number of rotatable bonds is 4. The molecule has 1 fully saturated rings. The molecule has 3 amide bonds. The van der Waals surface area contributed by atoms with Crippen LogP contribution in [-0.2, 0) is 10.3 Å². The summed E-state index contributed by atoms with van der Waals surface area (Å²) in [5.74, 6) is -0.453.